The van der Waals surface area contributed by atoms with Crippen molar-refractivity contribution in [1.82, 2.24) is 5.32 Å². The van der Waals surface area contributed by atoms with Crippen LogP contribution in [0.4, 0.5) is 0 Å². The summed E-state index contributed by atoms with van der Waals surface area (Å²) in [6.45, 7) is 8.71. The van der Waals surface area contributed by atoms with Gasteiger partial charge in [-0.1, -0.05) is 18.7 Å². The van der Waals surface area contributed by atoms with Gasteiger partial charge in [0.15, 0.2) is 0 Å². The van der Waals surface area contributed by atoms with Crippen molar-refractivity contribution in [2.45, 2.75) is 26.4 Å². The van der Waals surface area contributed by atoms with Crippen LogP contribution in [0.5, 0.6) is 0 Å². The van der Waals surface area contributed by atoms with Crippen LogP contribution in [0, 0.1) is 0 Å². The van der Waals surface area contributed by atoms with Crippen LogP contribution in [0.2, 0.25) is 0 Å². The minimum absolute atomic E-state index is 0.373. The van der Waals surface area contributed by atoms with Crippen LogP contribution >= 0.6 is 0 Å². The molecule has 1 heterocycles. The molecule has 88 valence electrons. The van der Waals surface area contributed by atoms with Gasteiger partial charge < -0.3 is 10.1 Å². The Kier molecular flexibility index (Phi) is 6.68. The van der Waals surface area contributed by atoms with Gasteiger partial charge in [0, 0.05) is 18.5 Å². The quantitative estimate of drug-likeness (QED) is 0.546. The smallest absolute Gasteiger partial charge is 0.330 e. The van der Waals surface area contributed by atoms with E-state index in [9.17, 15) is 4.79 Å². The lowest BCUT2D eigenvalue weighted by Gasteiger charge is -2.17. The highest BCUT2D eigenvalue weighted by molar-refractivity contribution is 5.81. The van der Waals surface area contributed by atoms with Gasteiger partial charge in [0.25, 0.3) is 0 Å². The van der Waals surface area contributed by atoms with Crippen molar-refractivity contribution in [1.29, 1.82) is 0 Å². The van der Waals surface area contributed by atoms with Crippen molar-refractivity contribution in [2.24, 2.45) is 0 Å². The molecular formula is C13H19NO2. The number of allylic oxidation sites excluding steroid dienone is 4. The fraction of sp³-hybridized carbons (Fsp3) is 0.308. The maximum Gasteiger partial charge on any atom is 0.330 e. The van der Waals surface area contributed by atoms with E-state index in [0.717, 1.165) is 6.08 Å². The number of esters is 1. The Morgan fingerprint density at radius 1 is 1.19 bits per heavy atom. The van der Waals surface area contributed by atoms with E-state index in [1.165, 1.54) is 0 Å². The second-order valence-corrected chi connectivity index (χ2v) is 4.01. The van der Waals surface area contributed by atoms with Crippen LogP contribution in [-0.4, -0.2) is 11.6 Å². The highest BCUT2D eigenvalue weighted by atomic mass is 16.6. The molecule has 0 radical (unpaired) electrons. The number of hydrogen-bond donors (Lipinski definition) is 1. The molecule has 1 N–H and O–H groups in total. The van der Waals surface area contributed by atoms with E-state index in [4.69, 9.17) is 4.74 Å². The predicted molar refractivity (Wildman–Crippen MR) is 66.6 cm³/mol. The third kappa shape index (κ3) is 10.3. The first-order chi connectivity index (χ1) is 7.45. The zero-order valence-electron chi connectivity index (χ0n) is 10.1. The van der Waals surface area contributed by atoms with E-state index in [-0.39, 0.29) is 5.97 Å². The Hall–Kier alpha value is -1.77. The molecule has 0 saturated carbocycles. The standard InChI is InChI=1S/C7H12O2.C6H7N/c1-5-6(8)9-7(2,3)4;1-2-4-6-7-5-3-1/h5H,1H2,2-4H3;1-7H. The molecule has 1 rings (SSSR count). The van der Waals surface area contributed by atoms with Crippen LogP contribution in [0.25, 0.3) is 0 Å². The van der Waals surface area contributed by atoms with Crippen molar-refractivity contribution in [3.63, 3.8) is 0 Å². The summed E-state index contributed by atoms with van der Waals surface area (Å²) < 4.78 is 4.83. The molecule has 1 aliphatic rings. The minimum atomic E-state index is -0.398. The van der Waals surface area contributed by atoms with Gasteiger partial charge in [-0.05, 0) is 32.9 Å². The molecule has 0 aromatic rings. The minimum Gasteiger partial charge on any atom is -0.457 e. The summed E-state index contributed by atoms with van der Waals surface area (Å²) in [7, 11) is 0. The van der Waals surface area contributed by atoms with E-state index in [1.54, 1.807) is 0 Å². The van der Waals surface area contributed by atoms with Gasteiger partial charge >= 0.3 is 5.97 Å². The third-order valence-corrected chi connectivity index (χ3v) is 1.29. The zero-order chi connectivity index (χ0) is 12.4. The van der Waals surface area contributed by atoms with Crippen LogP contribution in [0.3, 0.4) is 0 Å². The normalized spacial score (nSPS) is 12.9. The van der Waals surface area contributed by atoms with Gasteiger partial charge in [-0.2, -0.15) is 0 Å². The molecule has 0 aromatic heterocycles. The fourth-order valence-corrected chi connectivity index (χ4v) is 0.750. The first-order valence-corrected chi connectivity index (χ1v) is 5.05. The first kappa shape index (κ1) is 14.2. The maximum absolute atomic E-state index is 10.5. The second-order valence-electron chi connectivity index (χ2n) is 4.01. The summed E-state index contributed by atoms with van der Waals surface area (Å²) in [5.41, 5.74) is -0.398. The molecular weight excluding hydrogens is 202 g/mol. The van der Waals surface area contributed by atoms with Crippen molar-refractivity contribution >= 4 is 5.97 Å². The van der Waals surface area contributed by atoms with Gasteiger partial charge in [-0.3, -0.25) is 0 Å². The van der Waals surface area contributed by atoms with Crippen molar-refractivity contribution in [3.05, 3.63) is 49.4 Å². The average molecular weight is 221 g/mol. The number of carbonyl (C=O) groups excluding carboxylic acids is 1. The molecule has 0 aromatic carbocycles. The molecule has 0 bridgehead atoms. The van der Waals surface area contributed by atoms with Gasteiger partial charge in [-0.25, -0.2) is 4.79 Å². The van der Waals surface area contributed by atoms with Crippen molar-refractivity contribution < 1.29 is 9.53 Å². The van der Waals surface area contributed by atoms with Crippen LogP contribution in [-0.2, 0) is 9.53 Å². The first-order valence-electron chi connectivity index (χ1n) is 5.05. The number of nitrogens with one attached hydrogen (secondary N) is 1. The Balaban J connectivity index is 0.000000288. The summed E-state index contributed by atoms with van der Waals surface area (Å²) >= 11 is 0. The Morgan fingerprint density at radius 3 is 2.00 bits per heavy atom. The van der Waals surface area contributed by atoms with E-state index in [2.05, 4.69) is 11.9 Å². The Morgan fingerprint density at radius 2 is 1.69 bits per heavy atom. The number of ether oxygens (including phenoxy) is 1. The molecule has 0 fully saturated rings. The lowest BCUT2D eigenvalue weighted by molar-refractivity contribution is -0.148. The molecule has 0 atom stereocenters. The van der Waals surface area contributed by atoms with Crippen LogP contribution < -0.4 is 5.32 Å². The monoisotopic (exact) mass is 221 g/mol. The Bertz CT molecular complexity index is 292. The molecule has 1 aliphatic heterocycles. The van der Waals surface area contributed by atoms with E-state index < -0.39 is 5.60 Å². The van der Waals surface area contributed by atoms with Gasteiger partial charge in [0.05, 0.1) is 0 Å². The number of carbonyl (C=O) groups is 1. The van der Waals surface area contributed by atoms with Crippen molar-refractivity contribution in [3.8, 4) is 0 Å². The SMILES string of the molecule is C1=CC=CNC=C1.C=CC(=O)OC(C)(C)C. The highest BCUT2D eigenvalue weighted by Crippen LogP contribution is 2.06. The molecule has 0 spiro atoms. The zero-order valence-corrected chi connectivity index (χ0v) is 10.1. The average Bonchev–Trinajstić information content (AvgIpc) is 2.47. The summed E-state index contributed by atoms with van der Waals surface area (Å²) in [6.07, 6.45) is 12.7. The van der Waals surface area contributed by atoms with Crippen molar-refractivity contribution in [2.75, 3.05) is 0 Å². The van der Waals surface area contributed by atoms with Crippen LogP contribution in [0.1, 0.15) is 20.8 Å². The van der Waals surface area contributed by atoms with E-state index in [1.807, 2.05) is 57.5 Å². The fourth-order valence-electron chi connectivity index (χ4n) is 0.750. The summed E-state index contributed by atoms with van der Waals surface area (Å²) in [5, 5.41) is 2.92. The largest absolute Gasteiger partial charge is 0.457 e. The molecule has 3 heteroatoms. The molecule has 0 amide bonds. The highest BCUT2D eigenvalue weighted by Gasteiger charge is 2.12. The summed E-state index contributed by atoms with van der Waals surface area (Å²) in [6, 6.07) is 0. The van der Waals surface area contributed by atoms with E-state index >= 15 is 0 Å². The topological polar surface area (TPSA) is 38.3 Å². The summed E-state index contributed by atoms with van der Waals surface area (Å²) in [5.74, 6) is -0.373. The number of hydrogen-bond acceptors (Lipinski definition) is 3. The maximum atomic E-state index is 10.5. The summed E-state index contributed by atoms with van der Waals surface area (Å²) in [4.78, 5) is 10.5. The predicted octanol–water partition coefficient (Wildman–Crippen LogP) is 2.69. The third-order valence-electron chi connectivity index (χ3n) is 1.29. The van der Waals surface area contributed by atoms with Gasteiger partial charge in [-0.15, -0.1) is 0 Å². The molecule has 0 aliphatic carbocycles. The van der Waals surface area contributed by atoms with E-state index in [0.29, 0.717) is 0 Å². The van der Waals surface area contributed by atoms with Gasteiger partial charge in [0.1, 0.15) is 5.60 Å². The van der Waals surface area contributed by atoms with Gasteiger partial charge in [0.2, 0.25) is 0 Å². The molecule has 0 saturated heterocycles. The second kappa shape index (κ2) is 7.51. The number of rotatable bonds is 1. The molecule has 3 nitrogen and oxygen atoms in total. The molecule has 0 unspecified atom stereocenters. The van der Waals surface area contributed by atoms with Crippen LogP contribution in [0.15, 0.2) is 49.4 Å². The lowest BCUT2D eigenvalue weighted by atomic mass is 10.2. The lowest BCUT2D eigenvalue weighted by Crippen LogP contribution is -2.22. The Labute approximate surface area is 97.2 Å². The molecule has 16 heavy (non-hydrogen) atoms.